The van der Waals surface area contributed by atoms with Gasteiger partial charge >= 0.3 is 0 Å². The summed E-state index contributed by atoms with van der Waals surface area (Å²) in [6.45, 7) is 3.60. The predicted octanol–water partition coefficient (Wildman–Crippen LogP) is 3.32. The van der Waals surface area contributed by atoms with Crippen LogP contribution in [0.5, 0.6) is 0 Å². The molecule has 0 atom stereocenters. The highest BCUT2D eigenvalue weighted by Crippen LogP contribution is 2.12. The van der Waals surface area contributed by atoms with Crippen LogP contribution in [0.1, 0.15) is 23.6 Å². The van der Waals surface area contributed by atoms with Crippen molar-refractivity contribution < 1.29 is 0 Å². The third-order valence-electron chi connectivity index (χ3n) is 3.09. The number of nitrogens with two attached hydrogens (primary N) is 1. The van der Waals surface area contributed by atoms with Crippen LogP contribution in [-0.2, 0) is 19.5 Å². The van der Waals surface area contributed by atoms with Gasteiger partial charge in [0.2, 0.25) is 0 Å². The Bertz CT molecular complexity index is 489. The maximum absolute atomic E-state index is 5.64. The van der Waals surface area contributed by atoms with Crippen LogP contribution in [0.25, 0.3) is 0 Å². The topological polar surface area (TPSA) is 38.0 Å². The highest BCUT2D eigenvalue weighted by Gasteiger charge is 1.96. The number of aryl methyl sites for hydroxylation is 1. The van der Waals surface area contributed by atoms with Crippen molar-refractivity contribution >= 4 is 5.69 Å². The van der Waals surface area contributed by atoms with Gasteiger partial charge in [0.1, 0.15) is 0 Å². The number of hydrogen-bond acceptors (Lipinski definition) is 2. The van der Waals surface area contributed by atoms with E-state index in [2.05, 4.69) is 60.8 Å². The van der Waals surface area contributed by atoms with Gasteiger partial charge in [0.15, 0.2) is 0 Å². The second-order valence-corrected chi connectivity index (χ2v) is 4.43. The molecule has 18 heavy (non-hydrogen) atoms. The molecule has 0 bridgehead atoms. The predicted molar refractivity (Wildman–Crippen MR) is 77.5 cm³/mol. The van der Waals surface area contributed by atoms with Gasteiger partial charge in [0.05, 0.1) is 0 Å². The molecule has 0 aliphatic rings. The quantitative estimate of drug-likeness (QED) is 0.841. The van der Waals surface area contributed by atoms with Crippen LogP contribution in [0, 0.1) is 0 Å². The minimum absolute atomic E-state index is 0.596. The lowest BCUT2D eigenvalue weighted by molar-refractivity contribution is 1.05. The van der Waals surface area contributed by atoms with Gasteiger partial charge in [0.25, 0.3) is 0 Å². The molecule has 0 aromatic heterocycles. The zero-order chi connectivity index (χ0) is 12.8. The van der Waals surface area contributed by atoms with E-state index in [0.29, 0.717) is 6.54 Å². The zero-order valence-electron chi connectivity index (χ0n) is 10.8. The van der Waals surface area contributed by atoms with Gasteiger partial charge in [-0.2, -0.15) is 0 Å². The van der Waals surface area contributed by atoms with Gasteiger partial charge < -0.3 is 11.1 Å². The molecular formula is C16H20N2. The smallest absolute Gasteiger partial charge is 0.0400 e. The number of nitrogens with one attached hydrogen (secondary N) is 1. The van der Waals surface area contributed by atoms with Crippen LogP contribution < -0.4 is 11.1 Å². The fourth-order valence-electron chi connectivity index (χ4n) is 1.93. The molecule has 3 N–H and O–H groups in total. The first-order chi connectivity index (χ1) is 8.81. The van der Waals surface area contributed by atoms with Crippen LogP contribution in [0.2, 0.25) is 0 Å². The fraction of sp³-hybridized carbons (Fsp3) is 0.250. The molecule has 0 aliphatic carbocycles. The number of hydrogen-bond donors (Lipinski definition) is 2. The van der Waals surface area contributed by atoms with Crippen molar-refractivity contribution in [2.45, 2.75) is 26.4 Å². The summed E-state index contributed by atoms with van der Waals surface area (Å²) in [5.41, 5.74) is 10.6. The van der Waals surface area contributed by atoms with E-state index in [9.17, 15) is 0 Å². The highest BCUT2D eigenvalue weighted by molar-refractivity contribution is 5.45. The third-order valence-corrected chi connectivity index (χ3v) is 3.09. The summed E-state index contributed by atoms with van der Waals surface area (Å²) in [4.78, 5) is 0. The van der Waals surface area contributed by atoms with E-state index in [-0.39, 0.29) is 0 Å². The zero-order valence-corrected chi connectivity index (χ0v) is 10.8. The lowest BCUT2D eigenvalue weighted by Crippen LogP contribution is -2.02. The summed E-state index contributed by atoms with van der Waals surface area (Å²) in [6.07, 6.45) is 1.08. The molecule has 0 aliphatic heterocycles. The fourth-order valence-corrected chi connectivity index (χ4v) is 1.93. The lowest BCUT2D eigenvalue weighted by Gasteiger charge is -2.08. The largest absolute Gasteiger partial charge is 0.381 e. The van der Waals surface area contributed by atoms with Crippen LogP contribution in [-0.4, -0.2) is 0 Å². The Kier molecular flexibility index (Phi) is 4.37. The monoisotopic (exact) mass is 240 g/mol. The highest BCUT2D eigenvalue weighted by atomic mass is 14.9. The van der Waals surface area contributed by atoms with Crippen molar-refractivity contribution in [3.05, 3.63) is 65.2 Å². The van der Waals surface area contributed by atoms with E-state index in [0.717, 1.165) is 18.7 Å². The maximum Gasteiger partial charge on any atom is 0.0400 e. The van der Waals surface area contributed by atoms with Crippen molar-refractivity contribution in [2.75, 3.05) is 5.32 Å². The third kappa shape index (κ3) is 3.34. The number of rotatable bonds is 5. The standard InChI is InChI=1S/C16H20N2/c1-2-13-6-8-16(9-7-13)18-12-15-5-3-4-14(10-15)11-17/h3-10,18H,2,11-12,17H2,1H3. The van der Waals surface area contributed by atoms with E-state index < -0.39 is 0 Å². The van der Waals surface area contributed by atoms with E-state index >= 15 is 0 Å². The average Bonchev–Trinajstić information content (AvgIpc) is 2.46. The number of anilines is 1. The van der Waals surface area contributed by atoms with E-state index in [1.807, 2.05) is 0 Å². The van der Waals surface area contributed by atoms with E-state index in [1.165, 1.54) is 16.7 Å². The molecule has 2 aromatic carbocycles. The average molecular weight is 240 g/mol. The van der Waals surface area contributed by atoms with Gasteiger partial charge in [-0.3, -0.25) is 0 Å². The summed E-state index contributed by atoms with van der Waals surface area (Å²) in [5, 5.41) is 3.42. The Balaban J connectivity index is 1.97. The molecule has 0 fully saturated rings. The molecule has 0 saturated heterocycles. The molecule has 0 heterocycles. The van der Waals surface area contributed by atoms with Crippen LogP contribution in [0.15, 0.2) is 48.5 Å². The van der Waals surface area contributed by atoms with Crippen molar-refractivity contribution in [3.63, 3.8) is 0 Å². The first-order valence-electron chi connectivity index (χ1n) is 6.42. The summed E-state index contributed by atoms with van der Waals surface area (Å²) in [6, 6.07) is 17.0. The molecule has 0 amide bonds. The van der Waals surface area contributed by atoms with Crippen LogP contribution in [0.3, 0.4) is 0 Å². The second kappa shape index (κ2) is 6.22. The van der Waals surface area contributed by atoms with Gasteiger partial charge in [-0.1, -0.05) is 43.3 Å². The van der Waals surface area contributed by atoms with Gasteiger partial charge in [-0.05, 0) is 35.2 Å². The molecule has 0 radical (unpaired) electrons. The molecule has 0 saturated carbocycles. The molecule has 2 rings (SSSR count). The molecule has 0 unspecified atom stereocenters. The van der Waals surface area contributed by atoms with Crippen LogP contribution in [0.4, 0.5) is 5.69 Å². The summed E-state index contributed by atoms with van der Waals surface area (Å²) in [5.74, 6) is 0. The van der Waals surface area contributed by atoms with Crippen molar-refractivity contribution in [3.8, 4) is 0 Å². The number of benzene rings is 2. The van der Waals surface area contributed by atoms with Crippen LogP contribution >= 0.6 is 0 Å². The summed E-state index contributed by atoms with van der Waals surface area (Å²) in [7, 11) is 0. The molecule has 2 heteroatoms. The van der Waals surface area contributed by atoms with Gasteiger partial charge in [-0.25, -0.2) is 0 Å². The Hall–Kier alpha value is -1.80. The minimum Gasteiger partial charge on any atom is -0.381 e. The summed E-state index contributed by atoms with van der Waals surface area (Å²) >= 11 is 0. The first-order valence-corrected chi connectivity index (χ1v) is 6.42. The van der Waals surface area contributed by atoms with Crippen molar-refractivity contribution in [1.29, 1.82) is 0 Å². The Morgan fingerprint density at radius 3 is 2.33 bits per heavy atom. The molecule has 2 nitrogen and oxygen atoms in total. The van der Waals surface area contributed by atoms with E-state index in [4.69, 9.17) is 5.73 Å². The molecule has 94 valence electrons. The Labute approximate surface area is 109 Å². The minimum atomic E-state index is 0.596. The molecule has 2 aromatic rings. The Morgan fingerprint density at radius 2 is 1.67 bits per heavy atom. The normalized spacial score (nSPS) is 10.3. The SMILES string of the molecule is CCc1ccc(NCc2cccc(CN)c2)cc1. The lowest BCUT2D eigenvalue weighted by atomic mass is 10.1. The second-order valence-electron chi connectivity index (χ2n) is 4.43. The van der Waals surface area contributed by atoms with Gasteiger partial charge in [-0.15, -0.1) is 0 Å². The molecular weight excluding hydrogens is 220 g/mol. The maximum atomic E-state index is 5.64. The molecule has 0 spiro atoms. The van der Waals surface area contributed by atoms with E-state index in [1.54, 1.807) is 0 Å². The van der Waals surface area contributed by atoms with Crippen molar-refractivity contribution in [2.24, 2.45) is 5.73 Å². The van der Waals surface area contributed by atoms with Crippen molar-refractivity contribution in [1.82, 2.24) is 0 Å². The first kappa shape index (κ1) is 12.7. The summed E-state index contributed by atoms with van der Waals surface area (Å²) < 4.78 is 0. The Morgan fingerprint density at radius 1 is 0.944 bits per heavy atom. The van der Waals surface area contributed by atoms with Gasteiger partial charge in [0, 0.05) is 18.8 Å².